The average Bonchev–Trinajstić information content (AvgIpc) is 3.25. The van der Waals surface area contributed by atoms with Crippen LogP contribution in [0.25, 0.3) is 11.2 Å². The second kappa shape index (κ2) is 8.54. The van der Waals surface area contributed by atoms with Gasteiger partial charge in [0, 0.05) is 31.7 Å². The van der Waals surface area contributed by atoms with Crippen LogP contribution in [0, 0.1) is 0 Å². The summed E-state index contributed by atoms with van der Waals surface area (Å²) < 4.78 is 38.8. The lowest BCUT2D eigenvalue weighted by Crippen LogP contribution is -2.47. The van der Waals surface area contributed by atoms with E-state index in [4.69, 9.17) is 0 Å². The number of anilines is 1. The Morgan fingerprint density at radius 2 is 1.76 bits per heavy atom. The monoisotopic (exact) mass is 466 g/mol. The van der Waals surface area contributed by atoms with E-state index in [-0.39, 0.29) is 21.8 Å². The average molecular weight is 466 g/mol. The number of Topliss-reactive ketones (excluding diaryl/α,β-unsaturated/α-hetero) is 1. The van der Waals surface area contributed by atoms with Crippen LogP contribution < -0.4 is 26.3 Å². The number of rotatable bonds is 5. The number of nitrogens with zero attached hydrogens (tertiary/aromatic N) is 4. The van der Waals surface area contributed by atoms with Gasteiger partial charge in [-0.25, -0.2) is 14.2 Å². The van der Waals surface area contributed by atoms with Crippen LogP contribution in [0.1, 0.15) is 10.4 Å². The third-order valence-electron chi connectivity index (χ3n) is 4.95. The molecule has 0 atom stereocenters. The molecule has 1 saturated heterocycles. The smallest absolute Gasteiger partial charge is 0.340 e. The van der Waals surface area contributed by atoms with Gasteiger partial charge in [0.15, 0.2) is 11.3 Å². The van der Waals surface area contributed by atoms with Gasteiger partial charge in [-0.05, 0) is 0 Å². The van der Waals surface area contributed by atoms with Crippen molar-refractivity contribution >= 4 is 28.9 Å². The van der Waals surface area contributed by atoms with Crippen molar-refractivity contribution in [1.29, 1.82) is 0 Å². The quantitative estimate of drug-likeness (QED) is 0.490. The lowest BCUT2D eigenvalue weighted by molar-refractivity contribution is -0.200. The number of carbonyl (C=O) groups is 2. The molecule has 174 valence electrons. The van der Waals surface area contributed by atoms with Gasteiger partial charge in [0.05, 0.1) is 6.54 Å². The number of imidazole rings is 1. The Hall–Kier alpha value is -3.94. The van der Waals surface area contributed by atoms with Crippen molar-refractivity contribution in [3.8, 4) is 0 Å². The minimum absolute atomic E-state index is 0.0208. The van der Waals surface area contributed by atoms with Gasteiger partial charge >= 0.3 is 17.8 Å². The van der Waals surface area contributed by atoms with Gasteiger partial charge in [0.2, 0.25) is 11.6 Å². The maximum atomic E-state index is 13.0. The first-order valence-corrected chi connectivity index (χ1v) is 9.76. The van der Waals surface area contributed by atoms with Crippen LogP contribution in [0.15, 0.2) is 39.9 Å². The number of nitrogens with one attached hydrogen (secondary N) is 2. The maximum Gasteiger partial charge on any atom is 0.493 e. The minimum atomic E-state index is -5.41. The Labute approximate surface area is 182 Å². The fourth-order valence-electron chi connectivity index (χ4n) is 3.31. The molecule has 0 spiro atoms. The minimum Gasteiger partial charge on any atom is -0.340 e. The summed E-state index contributed by atoms with van der Waals surface area (Å²) in [5, 5.41) is 3.10. The zero-order chi connectivity index (χ0) is 23.8. The van der Waals surface area contributed by atoms with E-state index >= 15 is 0 Å². The number of alkyl halides is 3. The lowest BCUT2D eigenvalue weighted by Gasteiger charge is -2.26. The number of carbonyl (C=O) groups excluding carboxylic acids is 2. The molecule has 2 N–H and O–H groups in total. The van der Waals surface area contributed by atoms with Crippen molar-refractivity contribution in [2.75, 3.05) is 31.1 Å². The van der Waals surface area contributed by atoms with Crippen LogP contribution >= 0.6 is 0 Å². The summed E-state index contributed by atoms with van der Waals surface area (Å²) in [7, 11) is 0. The van der Waals surface area contributed by atoms with Gasteiger partial charge in [-0.2, -0.15) is 18.2 Å². The fourth-order valence-corrected chi connectivity index (χ4v) is 3.31. The number of hydrogen-bond donors (Lipinski definition) is 2. The van der Waals surface area contributed by atoms with E-state index in [2.05, 4.69) is 20.1 Å². The second-order valence-electron chi connectivity index (χ2n) is 7.13. The summed E-state index contributed by atoms with van der Waals surface area (Å²) in [5.41, 5.74) is -3.26. The van der Waals surface area contributed by atoms with Crippen molar-refractivity contribution in [2.45, 2.75) is 12.7 Å². The molecule has 0 saturated carbocycles. The molecule has 2 aromatic heterocycles. The third-order valence-corrected chi connectivity index (χ3v) is 4.95. The van der Waals surface area contributed by atoms with Gasteiger partial charge in [-0.3, -0.25) is 9.59 Å². The van der Waals surface area contributed by atoms with Crippen LogP contribution in [0.2, 0.25) is 0 Å². The van der Waals surface area contributed by atoms with Gasteiger partial charge in [-0.15, -0.1) is 0 Å². The molecule has 0 amide bonds. The summed E-state index contributed by atoms with van der Waals surface area (Å²) in [6.45, 7) is 1.31. The molecule has 0 aliphatic carbocycles. The van der Waals surface area contributed by atoms with E-state index in [1.807, 2.05) is 0 Å². The summed E-state index contributed by atoms with van der Waals surface area (Å²) in [6.07, 6.45) is -5.41. The Kier molecular flexibility index (Phi) is 5.76. The fraction of sp³-hybridized carbons (Fsp3) is 0.316. The van der Waals surface area contributed by atoms with Crippen molar-refractivity contribution in [2.24, 2.45) is 0 Å². The summed E-state index contributed by atoms with van der Waals surface area (Å²) in [4.78, 5) is 62.6. The number of aromatic nitrogens is 4. The number of H-pyrrole nitrogens is 1. The number of aromatic amines is 1. The van der Waals surface area contributed by atoms with Crippen LogP contribution in [0.4, 0.5) is 19.1 Å². The van der Waals surface area contributed by atoms with Crippen LogP contribution in [-0.4, -0.2) is 63.4 Å². The Bertz CT molecular complexity index is 1320. The predicted octanol–water partition coefficient (Wildman–Crippen LogP) is -0.304. The molecular formula is C19H17F3N6O5. The molecule has 1 aromatic carbocycles. The molecule has 4 rings (SSSR count). The highest BCUT2D eigenvalue weighted by Gasteiger charge is 2.43. The highest BCUT2D eigenvalue weighted by molar-refractivity contribution is 5.95. The first-order chi connectivity index (χ1) is 15.7. The number of fused-ring (bicyclic) bond motifs is 1. The van der Waals surface area contributed by atoms with Crippen molar-refractivity contribution < 1.29 is 27.6 Å². The Morgan fingerprint density at radius 3 is 2.39 bits per heavy atom. The molecule has 11 nitrogen and oxygen atoms in total. The van der Waals surface area contributed by atoms with Gasteiger partial charge in [-0.1, -0.05) is 35.1 Å². The maximum absolute atomic E-state index is 13.0. The van der Waals surface area contributed by atoms with Crippen molar-refractivity contribution in [3.05, 3.63) is 56.7 Å². The van der Waals surface area contributed by atoms with Crippen LogP contribution in [0.3, 0.4) is 0 Å². The predicted molar refractivity (Wildman–Crippen MR) is 108 cm³/mol. The molecule has 0 unspecified atom stereocenters. The second-order valence-corrected chi connectivity index (χ2v) is 7.13. The van der Waals surface area contributed by atoms with Crippen LogP contribution in [0.5, 0.6) is 0 Å². The van der Waals surface area contributed by atoms with E-state index < -0.39 is 41.4 Å². The zero-order valence-corrected chi connectivity index (χ0v) is 16.9. The molecule has 33 heavy (non-hydrogen) atoms. The first kappa shape index (κ1) is 22.3. The largest absolute Gasteiger partial charge is 0.493 e. The van der Waals surface area contributed by atoms with Gasteiger partial charge < -0.3 is 20.0 Å². The topological polar surface area (TPSA) is 131 Å². The first-order valence-electron chi connectivity index (χ1n) is 9.76. The lowest BCUT2D eigenvalue weighted by atomic mass is 10.1. The van der Waals surface area contributed by atoms with Crippen molar-refractivity contribution in [3.63, 3.8) is 0 Å². The van der Waals surface area contributed by atoms with Crippen molar-refractivity contribution in [1.82, 2.24) is 24.6 Å². The van der Waals surface area contributed by atoms with Gasteiger partial charge in [0.1, 0.15) is 0 Å². The van der Waals surface area contributed by atoms with E-state index in [1.54, 1.807) is 23.1 Å². The highest BCUT2D eigenvalue weighted by Crippen LogP contribution is 2.17. The third kappa shape index (κ3) is 4.37. The molecular weight excluding hydrogens is 449 g/mol. The molecule has 0 bridgehead atoms. The molecule has 3 aromatic rings. The SMILES string of the molecule is O=C(Cn1c(=O)c2[nH]c(N3CCNCC3)nc2n(OC(=O)C(F)(F)F)c1=O)c1ccccc1. The molecule has 1 aliphatic heterocycles. The Balaban J connectivity index is 1.85. The molecule has 0 radical (unpaired) electrons. The van der Waals surface area contributed by atoms with E-state index in [0.717, 1.165) is 0 Å². The molecule has 3 heterocycles. The number of piperazine rings is 1. The standard InChI is InChI=1S/C19H17F3N6O5/c20-19(21,22)16(31)33-28-14-13(24-17(25-14)26-8-6-23-7-9-26)15(30)27(18(28)32)10-12(29)11-4-2-1-3-5-11/h1-5,23H,6-10H2,(H,24,25). The zero-order valence-electron chi connectivity index (χ0n) is 16.9. The summed E-state index contributed by atoms with van der Waals surface area (Å²) >= 11 is 0. The number of ketones is 1. The number of hydrogen-bond acceptors (Lipinski definition) is 8. The molecule has 14 heteroatoms. The summed E-state index contributed by atoms with van der Waals surface area (Å²) in [5.74, 6) is -3.23. The highest BCUT2D eigenvalue weighted by atomic mass is 19.4. The normalized spacial score (nSPS) is 14.5. The van der Waals surface area contributed by atoms with E-state index in [9.17, 15) is 32.3 Å². The summed E-state index contributed by atoms with van der Waals surface area (Å²) in [6, 6.07) is 7.69. The number of benzene rings is 1. The number of halogens is 3. The van der Waals surface area contributed by atoms with Gasteiger partial charge in [0.25, 0.3) is 5.56 Å². The molecule has 1 aliphatic rings. The molecule has 1 fully saturated rings. The van der Waals surface area contributed by atoms with E-state index in [1.165, 1.54) is 12.1 Å². The van der Waals surface area contributed by atoms with Crippen LogP contribution in [-0.2, 0) is 11.3 Å². The Morgan fingerprint density at radius 1 is 1.09 bits per heavy atom. The van der Waals surface area contributed by atoms with E-state index in [0.29, 0.717) is 30.7 Å².